The van der Waals surface area contributed by atoms with Crippen LogP contribution in [0.25, 0.3) is 11.0 Å². The Morgan fingerprint density at radius 3 is 2.50 bits per heavy atom. The second-order valence-electron chi connectivity index (χ2n) is 3.45. The van der Waals surface area contributed by atoms with Crippen LogP contribution in [0.4, 0.5) is 0 Å². The molecule has 0 aliphatic rings. The number of nitrogens with zero attached hydrogens (tertiary/aromatic N) is 2. The number of aromatic amines is 1. The van der Waals surface area contributed by atoms with Gasteiger partial charge in [-0.25, -0.2) is 9.59 Å². The van der Waals surface area contributed by atoms with E-state index in [9.17, 15) is 14.4 Å². The molecule has 2 N–H and O–H groups in total. The zero-order valence-electron chi connectivity index (χ0n) is 8.64. The second-order valence-corrected chi connectivity index (χ2v) is 3.45. The number of aromatic carboxylic acids is 1. The third-order valence-corrected chi connectivity index (χ3v) is 2.48. The lowest BCUT2D eigenvalue weighted by Crippen LogP contribution is -2.36. The molecule has 2 heterocycles. The molecule has 84 valence electrons. The van der Waals surface area contributed by atoms with Crippen molar-refractivity contribution < 1.29 is 9.90 Å². The number of carboxylic acid groups (broad SMARTS) is 1. The molecule has 0 radical (unpaired) electrons. The van der Waals surface area contributed by atoms with Gasteiger partial charge in [-0.15, -0.1) is 0 Å². The molecule has 0 spiro atoms. The van der Waals surface area contributed by atoms with Gasteiger partial charge in [0, 0.05) is 14.1 Å². The Morgan fingerprint density at radius 2 is 1.94 bits per heavy atom. The van der Waals surface area contributed by atoms with Crippen molar-refractivity contribution in [3.8, 4) is 0 Å². The number of carboxylic acids is 1. The minimum absolute atomic E-state index is 0.113. The van der Waals surface area contributed by atoms with Crippen LogP contribution in [0.2, 0.25) is 0 Å². The first-order valence-electron chi connectivity index (χ1n) is 4.45. The monoisotopic (exact) mass is 223 g/mol. The number of nitrogens with one attached hydrogen (secondary N) is 1. The van der Waals surface area contributed by atoms with E-state index in [1.807, 2.05) is 0 Å². The molecule has 0 fully saturated rings. The summed E-state index contributed by atoms with van der Waals surface area (Å²) in [4.78, 5) is 36.4. The fourth-order valence-electron chi connectivity index (χ4n) is 1.57. The molecule has 7 heteroatoms. The first kappa shape index (κ1) is 10.2. The topological polar surface area (TPSA) is 97.1 Å². The van der Waals surface area contributed by atoms with Crippen LogP contribution in [-0.2, 0) is 14.1 Å². The number of hydrogen-bond donors (Lipinski definition) is 2. The molecule has 0 amide bonds. The van der Waals surface area contributed by atoms with E-state index in [-0.39, 0.29) is 16.7 Å². The van der Waals surface area contributed by atoms with Crippen molar-refractivity contribution in [3.63, 3.8) is 0 Å². The van der Waals surface area contributed by atoms with Gasteiger partial charge in [0.25, 0.3) is 5.56 Å². The van der Waals surface area contributed by atoms with Crippen molar-refractivity contribution in [2.24, 2.45) is 14.1 Å². The number of hydrogen-bond acceptors (Lipinski definition) is 3. The van der Waals surface area contributed by atoms with E-state index in [4.69, 9.17) is 5.11 Å². The normalized spacial score (nSPS) is 10.9. The lowest BCUT2D eigenvalue weighted by Gasteiger charge is -2.02. The highest BCUT2D eigenvalue weighted by molar-refractivity contribution is 5.92. The summed E-state index contributed by atoms with van der Waals surface area (Å²) >= 11 is 0. The summed E-state index contributed by atoms with van der Waals surface area (Å²) in [6.07, 6.45) is 0. The van der Waals surface area contributed by atoms with Gasteiger partial charge in [-0.3, -0.25) is 13.9 Å². The predicted octanol–water partition coefficient (Wildman–Crippen LogP) is -0.737. The van der Waals surface area contributed by atoms with Crippen LogP contribution in [0.1, 0.15) is 10.5 Å². The summed E-state index contributed by atoms with van der Waals surface area (Å²) in [7, 11) is 2.81. The molecule has 0 aliphatic heterocycles. The highest BCUT2D eigenvalue weighted by Gasteiger charge is 2.14. The van der Waals surface area contributed by atoms with Gasteiger partial charge < -0.3 is 10.1 Å². The van der Waals surface area contributed by atoms with Gasteiger partial charge in [-0.2, -0.15) is 0 Å². The molecule has 0 bridgehead atoms. The molecular formula is C9H9N3O4. The SMILES string of the molecule is Cn1c(=O)c2[nH]c(C(=O)O)cc2n(C)c1=O. The van der Waals surface area contributed by atoms with E-state index in [2.05, 4.69) is 4.98 Å². The number of carbonyl (C=O) groups is 1. The molecule has 0 aromatic carbocycles. The first-order chi connectivity index (χ1) is 7.43. The van der Waals surface area contributed by atoms with Crippen molar-refractivity contribution in [3.05, 3.63) is 32.6 Å². The Morgan fingerprint density at radius 1 is 1.31 bits per heavy atom. The van der Waals surface area contributed by atoms with Crippen LogP contribution in [0.5, 0.6) is 0 Å². The highest BCUT2D eigenvalue weighted by Crippen LogP contribution is 2.08. The third kappa shape index (κ3) is 1.18. The average molecular weight is 223 g/mol. The highest BCUT2D eigenvalue weighted by atomic mass is 16.4. The Kier molecular flexibility index (Phi) is 1.97. The maximum Gasteiger partial charge on any atom is 0.352 e. The molecule has 0 saturated heterocycles. The molecule has 2 aromatic rings. The Balaban J connectivity index is 3.04. The van der Waals surface area contributed by atoms with Gasteiger partial charge in [-0.1, -0.05) is 0 Å². The van der Waals surface area contributed by atoms with Gasteiger partial charge in [0.05, 0.1) is 5.52 Å². The second kappa shape index (κ2) is 3.09. The Hall–Kier alpha value is -2.31. The number of H-pyrrole nitrogens is 1. The Labute approximate surface area is 88.6 Å². The van der Waals surface area contributed by atoms with Crippen LogP contribution in [0.15, 0.2) is 15.7 Å². The van der Waals surface area contributed by atoms with Crippen molar-refractivity contribution in [1.29, 1.82) is 0 Å². The number of rotatable bonds is 1. The van der Waals surface area contributed by atoms with Crippen molar-refractivity contribution in [2.45, 2.75) is 0 Å². The largest absolute Gasteiger partial charge is 0.477 e. The van der Waals surface area contributed by atoms with E-state index in [0.717, 1.165) is 4.57 Å². The minimum atomic E-state index is -1.18. The van der Waals surface area contributed by atoms with Crippen molar-refractivity contribution >= 4 is 17.0 Å². The third-order valence-electron chi connectivity index (χ3n) is 2.48. The lowest BCUT2D eigenvalue weighted by molar-refractivity contribution is 0.0691. The summed E-state index contributed by atoms with van der Waals surface area (Å²) < 4.78 is 2.14. The van der Waals surface area contributed by atoms with Crippen LogP contribution in [0, 0.1) is 0 Å². The zero-order chi connectivity index (χ0) is 12.0. The fraction of sp³-hybridized carbons (Fsp3) is 0.222. The molecule has 0 saturated carbocycles. The van der Waals surface area contributed by atoms with E-state index >= 15 is 0 Å². The molecular weight excluding hydrogens is 214 g/mol. The summed E-state index contributed by atoms with van der Waals surface area (Å²) in [6, 6.07) is 1.26. The van der Waals surface area contributed by atoms with E-state index in [1.165, 1.54) is 24.7 Å². The summed E-state index contributed by atoms with van der Waals surface area (Å²) in [5.74, 6) is -1.18. The quantitative estimate of drug-likeness (QED) is 0.665. The number of aryl methyl sites for hydroxylation is 1. The van der Waals surface area contributed by atoms with Crippen LogP contribution in [0.3, 0.4) is 0 Å². The predicted molar refractivity (Wildman–Crippen MR) is 55.7 cm³/mol. The molecule has 2 rings (SSSR count). The first-order valence-corrected chi connectivity index (χ1v) is 4.45. The molecule has 16 heavy (non-hydrogen) atoms. The lowest BCUT2D eigenvalue weighted by atomic mass is 10.4. The molecule has 0 unspecified atom stereocenters. The summed E-state index contributed by atoms with van der Waals surface area (Å²) in [5.41, 5.74) is -0.750. The van der Waals surface area contributed by atoms with Crippen LogP contribution in [-0.4, -0.2) is 25.2 Å². The van der Waals surface area contributed by atoms with Gasteiger partial charge >= 0.3 is 11.7 Å². The molecule has 0 atom stereocenters. The molecule has 2 aromatic heterocycles. The fourth-order valence-corrected chi connectivity index (χ4v) is 1.57. The van der Waals surface area contributed by atoms with Gasteiger partial charge in [0.2, 0.25) is 0 Å². The maximum atomic E-state index is 11.7. The van der Waals surface area contributed by atoms with Crippen LogP contribution < -0.4 is 11.2 Å². The summed E-state index contributed by atoms with van der Waals surface area (Å²) in [6.45, 7) is 0. The molecule has 0 aliphatic carbocycles. The van der Waals surface area contributed by atoms with Crippen LogP contribution >= 0.6 is 0 Å². The summed E-state index contributed by atoms with van der Waals surface area (Å²) in [5, 5.41) is 8.78. The Bertz CT molecular complexity index is 704. The average Bonchev–Trinajstić information content (AvgIpc) is 2.68. The van der Waals surface area contributed by atoms with E-state index in [1.54, 1.807) is 0 Å². The standard InChI is InChI=1S/C9H9N3O4/c1-11-5-3-4(8(14)15)10-6(5)7(13)12(2)9(11)16/h3,10H,1-2H3,(H,14,15). The smallest absolute Gasteiger partial charge is 0.352 e. The van der Waals surface area contributed by atoms with Gasteiger partial charge in [0.1, 0.15) is 11.2 Å². The van der Waals surface area contributed by atoms with E-state index < -0.39 is 17.2 Å². The molecule has 7 nitrogen and oxygen atoms in total. The van der Waals surface area contributed by atoms with Gasteiger partial charge in [0.15, 0.2) is 0 Å². The number of fused-ring (bicyclic) bond motifs is 1. The van der Waals surface area contributed by atoms with Gasteiger partial charge in [-0.05, 0) is 6.07 Å². The van der Waals surface area contributed by atoms with Crippen molar-refractivity contribution in [1.82, 2.24) is 14.1 Å². The van der Waals surface area contributed by atoms with E-state index in [0.29, 0.717) is 0 Å². The zero-order valence-corrected chi connectivity index (χ0v) is 8.64. The van der Waals surface area contributed by atoms with Crippen molar-refractivity contribution in [2.75, 3.05) is 0 Å². The minimum Gasteiger partial charge on any atom is -0.477 e. The number of aromatic nitrogens is 3. The maximum absolute atomic E-state index is 11.7.